The fourth-order valence-electron chi connectivity index (χ4n) is 1.50. The van der Waals surface area contributed by atoms with Gasteiger partial charge < -0.3 is 4.74 Å². The molecule has 1 aliphatic rings. The van der Waals surface area contributed by atoms with E-state index >= 15 is 0 Å². The highest BCUT2D eigenvalue weighted by molar-refractivity contribution is 14.1. The highest BCUT2D eigenvalue weighted by Crippen LogP contribution is 2.44. The summed E-state index contributed by atoms with van der Waals surface area (Å²) in [6.45, 7) is 2.10. The number of hydrogen-bond acceptors (Lipinski definition) is 1. The van der Waals surface area contributed by atoms with Gasteiger partial charge in [-0.1, -0.05) is 30.3 Å². The molecule has 0 aliphatic carbocycles. The van der Waals surface area contributed by atoms with Gasteiger partial charge in [-0.05, 0) is 57.7 Å². The van der Waals surface area contributed by atoms with Gasteiger partial charge in [-0.3, -0.25) is 0 Å². The van der Waals surface area contributed by atoms with Gasteiger partial charge in [-0.15, -0.1) is 0 Å². The minimum atomic E-state index is 0.152. The van der Waals surface area contributed by atoms with E-state index in [1.54, 1.807) is 0 Å². The Hall–Kier alpha value is 0.380. The summed E-state index contributed by atoms with van der Waals surface area (Å²) < 4.78 is 8.53. The van der Waals surface area contributed by atoms with E-state index in [1.807, 2.05) is 6.07 Å². The second kappa shape index (κ2) is 4.49. The molecule has 1 unspecified atom stereocenters. The van der Waals surface area contributed by atoms with Crippen molar-refractivity contribution in [3.63, 3.8) is 0 Å². The van der Waals surface area contributed by atoms with E-state index in [0.717, 1.165) is 0 Å². The van der Waals surface area contributed by atoms with Gasteiger partial charge in [0.1, 0.15) is 6.10 Å². The van der Waals surface area contributed by atoms with Crippen molar-refractivity contribution in [1.82, 2.24) is 0 Å². The molecule has 1 aromatic rings. The second-order valence-corrected chi connectivity index (χ2v) is 5.59. The van der Waals surface area contributed by atoms with Crippen molar-refractivity contribution in [2.24, 2.45) is 0 Å². The molecule has 0 amide bonds. The topological polar surface area (TPSA) is 9.23 Å². The van der Waals surface area contributed by atoms with Crippen molar-refractivity contribution in [2.45, 2.75) is 19.1 Å². The Morgan fingerprint density at radius 3 is 2.21 bits per heavy atom. The lowest BCUT2D eigenvalue weighted by molar-refractivity contribution is 0.0702. The molecule has 0 N–H and O–H groups in total. The van der Waals surface area contributed by atoms with Crippen molar-refractivity contribution >= 4 is 45.2 Å². The monoisotopic (exact) mass is 412 g/mol. The van der Waals surface area contributed by atoms with Gasteiger partial charge in [0.05, 0.1) is 6.10 Å². The van der Waals surface area contributed by atoms with Crippen LogP contribution in [0.1, 0.15) is 18.6 Å². The number of ether oxygens (including phenoxy) is 1. The Morgan fingerprint density at radius 1 is 1.07 bits per heavy atom. The highest BCUT2D eigenvalue weighted by Gasteiger charge is 2.29. The molecule has 1 aromatic carbocycles. The fraction of sp³-hybridized carbons (Fsp3) is 0.273. The Bertz CT molecular complexity index is 359. The van der Waals surface area contributed by atoms with Crippen molar-refractivity contribution in [1.29, 1.82) is 0 Å². The lowest BCUT2D eigenvalue weighted by atomic mass is 10.1. The average Bonchev–Trinajstić information content (AvgIpc) is 2.47. The third-order valence-electron chi connectivity index (χ3n) is 2.26. The van der Waals surface area contributed by atoms with Crippen LogP contribution in [0.3, 0.4) is 0 Å². The van der Waals surface area contributed by atoms with Crippen LogP contribution in [-0.2, 0) is 4.74 Å². The number of halogens is 2. The molecule has 1 aliphatic heterocycles. The van der Waals surface area contributed by atoms with Gasteiger partial charge in [0, 0.05) is 7.16 Å². The van der Waals surface area contributed by atoms with E-state index < -0.39 is 0 Å². The van der Waals surface area contributed by atoms with Gasteiger partial charge in [0.25, 0.3) is 0 Å². The molecule has 14 heavy (non-hydrogen) atoms. The second-order valence-electron chi connectivity index (χ2n) is 3.26. The third kappa shape index (κ3) is 1.99. The van der Waals surface area contributed by atoms with Crippen LogP contribution in [0.4, 0.5) is 0 Å². The largest absolute Gasteiger partial charge is 0.360 e. The Labute approximate surface area is 111 Å². The molecule has 0 saturated carbocycles. The third-order valence-corrected chi connectivity index (χ3v) is 5.89. The molecule has 0 fully saturated rings. The molecule has 0 radical (unpaired) electrons. The number of benzene rings is 1. The molecule has 3 heteroatoms. The molecule has 2 rings (SSSR count). The Morgan fingerprint density at radius 2 is 1.71 bits per heavy atom. The maximum absolute atomic E-state index is 5.88. The lowest BCUT2D eigenvalue weighted by Crippen LogP contribution is -2.03. The van der Waals surface area contributed by atoms with Crippen LogP contribution in [0.25, 0.3) is 0 Å². The highest BCUT2D eigenvalue weighted by atomic mass is 127. The quantitative estimate of drug-likeness (QED) is 0.628. The van der Waals surface area contributed by atoms with Crippen LogP contribution in [0.5, 0.6) is 0 Å². The first-order chi connectivity index (χ1) is 6.70. The molecule has 0 bridgehead atoms. The summed E-state index contributed by atoms with van der Waals surface area (Å²) in [6, 6.07) is 10.4. The summed E-state index contributed by atoms with van der Waals surface area (Å²) >= 11 is 4.76. The first-order valence-electron chi connectivity index (χ1n) is 4.45. The van der Waals surface area contributed by atoms with Gasteiger partial charge in [-0.25, -0.2) is 0 Å². The van der Waals surface area contributed by atoms with E-state index in [4.69, 9.17) is 4.74 Å². The van der Waals surface area contributed by atoms with Crippen LogP contribution in [0, 0.1) is 0 Å². The zero-order chi connectivity index (χ0) is 10.1. The molecule has 0 aromatic heterocycles. The SMILES string of the molecule is C[C@H]1OC(c2ccccc2)C(I)=C1I. The summed E-state index contributed by atoms with van der Waals surface area (Å²) in [5.74, 6) is 0. The van der Waals surface area contributed by atoms with E-state index in [2.05, 4.69) is 76.4 Å². The minimum Gasteiger partial charge on any atom is -0.360 e. The van der Waals surface area contributed by atoms with Crippen LogP contribution in [0.2, 0.25) is 0 Å². The van der Waals surface area contributed by atoms with Crippen LogP contribution >= 0.6 is 45.2 Å². The fourth-order valence-corrected chi connectivity index (χ4v) is 2.87. The van der Waals surface area contributed by atoms with E-state index in [1.165, 1.54) is 12.7 Å². The molecule has 1 heterocycles. The molecule has 74 valence electrons. The summed E-state index contributed by atoms with van der Waals surface area (Å²) in [5.41, 5.74) is 1.25. The van der Waals surface area contributed by atoms with Crippen molar-refractivity contribution in [3.05, 3.63) is 43.1 Å². The summed E-state index contributed by atoms with van der Waals surface area (Å²) in [6.07, 6.45) is 0.395. The predicted molar refractivity (Wildman–Crippen MR) is 74.8 cm³/mol. The van der Waals surface area contributed by atoms with E-state index in [0.29, 0.717) is 0 Å². The van der Waals surface area contributed by atoms with Gasteiger partial charge in [0.2, 0.25) is 0 Å². The Balaban J connectivity index is 2.32. The first-order valence-corrected chi connectivity index (χ1v) is 6.61. The zero-order valence-corrected chi connectivity index (χ0v) is 12.0. The van der Waals surface area contributed by atoms with Gasteiger partial charge >= 0.3 is 0 Å². The van der Waals surface area contributed by atoms with Crippen LogP contribution in [0.15, 0.2) is 37.5 Å². The summed E-state index contributed by atoms with van der Waals surface area (Å²) in [5, 5.41) is 0. The predicted octanol–water partition coefficient (Wildman–Crippen LogP) is 4.23. The summed E-state index contributed by atoms with van der Waals surface area (Å²) in [4.78, 5) is 0. The molecular formula is C11H10I2O. The minimum absolute atomic E-state index is 0.152. The maximum Gasteiger partial charge on any atom is 0.115 e. The lowest BCUT2D eigenvalue weighted by Gasteiger charge is -2.12. The van der Waals surface area contributed by atoms with Gasteiger partial charge in [-0.2, -0.15) is 0 Å². The van der Waals surface area contributed by atoms with E-state index in [-0.39, 0.29) is 12.2 Å². The van der Waals surface area contributed by atoms with Crippen molar-refractivity contribution in [2.75, 3.05) is 0 Å². The normalized spacial score (nSPS) is 27.1. The zero-order valence-electron chi connectivity index (χ0n) is 7.71. The molecule has 0 spiro atoms. The van der Waals surface area contributed by atoms with Crippen molar-refractivity contribution < 1.29 is 4.74 Å². The maximum atomic E-state index is 5.88. The number of hydrogen-bond donors (Lipinski definition) is 0. The first kappa shape index (κ1) is 10.9. The Kier molecular flexibility index (Phi) is 3.49. The molecule has 2 atom stereocenters. The molecular weight excluding hydrogens is 402 g/mol. The smallest absolute Gasteiger partial charge is 0.115 e. The van der Waals surface area contributed by atoms with Gasteiger partial charge in [0.15, 0.2) is 0 Å². The summed E-state index contributed by atoms with van der Waals surface area (Å²) in [7, 11) is 0. The van der Waals surface area contributed by atoms with Crippen LogP contribution < -0.4 is 0 Å². The average molecular weight is 412 g/mol. The molecule has 0 saturated heterocycles. The van der Waals surface area contributed by atoms with Crippen molar-refractivity contribution in [3.8, 4) is 0 Å². The number of rotatable bonds is 1. The van der Waals surface area contributed by atoms with E-state index in [9.17, 15) is 0 Å². The standard InChI is InChI=1S/C11H10I2O/c1-7-9(12)10(13)11(14-7)8-5-3-2-4-6-8/h2-7,11H,1H3/t7-,11?/m1/s1. The van der Waals surface area contributed by atoms with Crippen LogP contribution in [-0.4, -0.2) is 6.10 Å². The molecule has 1 nitrogen and oxygen atoms in total.